The van der Waals surface area contributed by atoms with Crippen LogP contribution in [0.5, 0.6) is 23.0 Å². The van der Waals surface area contributed by atoms with Crippen molar-refractivity contribution in [3.05, 3.63) is 124 Å². The Balaban J connectivity index is 0.000000508. The van der Waals surface area contributed by atoms with Crippen LogP contribution in [0, 0.1) is 6.92 Å². The van der Waals surface area contributed by atoms with E-state index in [1.807, 2.05) is 109 Å². The maximum absolute atomic E-state index is 14.1. The molecular weight excluding hydrogens is 2020 g/mol. The van der Waals surface area contributed by atoms with Crippen LogP contribution in [0.3, 0.4) is 0 Å². The summed E-state index contributed by atoms with van der Waals surface area (Å²) in [5, 5.41) is -0.173. The number of benzene rings is 4. The fourth-order valence-corrected chi connectivity index (χ4v) is 18.2. The van der Waals surface area contributed by atoms with Gasteiger partial charge in [0.1, 0.15) is 42.3 Å². The van der Waals surface area contributed by atoms with Gasteiger partial charge in [-0.3, -0.25) is 33.3 Å². The van der Waals surface area contributed by atoms with Gasteiger partial charge in [0.05, 0.1) is 66.0 Å². The number of ether oxygens (including phenoxy) is 8. The number of alkyl halides is 1. The van der Waals surface area contributed by atoms with Crippen molar-refractivity contribution < 1.29 is 98.6 Å². The third kappa shape index (κ3) is 39.4. The van der Waals surface area contributed by atoms with Crippen LogP contribution in [0.15, 0.2) is 72.8 Å². The molecule has 0 fully saturated rings. The molecule has 0 amide bonds. The molecule has 0 spiro atoms. The summed E-state index contributed by atoms with van der Waals surface area (Å²) in [6, 6.07) is 22.5. The Hall–Kier alpha value is 0.305. The van der Waals surface area contributed by atoms with Gasteiger partial charge in [0.15, 0.2) is 16.6 Å². The summed E-state index contributed by atoms with van der Waals surface area (Å²) in [6.07, 6.45) is -0.589. The van der Waals surface area contributed by atoms with Crippen LogP contribution in [0.1, 0.15) is 162 Å². The van der Waals surface area contributed by atoms with Gasteiger partial charge in [0.25, 0.3) is 0 Å². The first-order valence-corrected chi connectivity index (χ1v) is 69.0. The molecule has 0 aromatic heterocycles. The van der Waals surface area contributed by atoms with Gasteiger partial charge < -0.3 is 82.3 Å². The molecule has 649 valence electrons. The molecule has 8 rings (SSSR count). The molecule has 0 aliphatic carbocycles. The number of halogens is 4. The van der Waals surface area contributed by atoms with E-state index in [2.05, 4.69) is 201 Å². The second-order valence-corrected chi connectivity index (χ2v) is 78.5. The fourth-order valence-electron chi connectivity index (χ4n) is 11.8. The van der Waals surface area contributed by atoms with Crippen LogP contribution in [-0.4, -0.2) is 180 Å². The topological polar surface area (TPSA) is 264 Å². The second-order valence-electron chi connectivity index (χ2n) is 35.0. The summed E-state index contributed by atoms with van der Waals surface area (Å²) in [4.78, 5) is 48.9. The minimum absolute atomic E-state index is 0.0107. The molecule has 4 aromatic rings. The molecule has 4 aromatic carbocycles. The van der Waals surface area contributed by atoms with Crippen molar-refractivity contribution in [1.29, 1.82) is 0 Å². The van der Waals surface area contributed by atoms with Crippen molar-refractivity contribution in [2.24, 2.45) is 0 Å². The Bertz CT molecular complexity index is 3810. The molecule has 0 saturated carbocycles. The van der Waals surface area contributed by atoms with Gasteiger partial charge in [-0.25, -0.2) is 0 Å². The van der Waals surface area contributed by atoms with E-state index in [4.69, 9.17) is 51.3 Å². The van der Waals surface area contributed by atoms with Gasteiger partial charge in [-0.15, -0.1) is 15.3 Å². The monoisotopic (exact) mass is 2150 g/mol. The molecule has 0 radical (unpaired) electrons. The summed E-state index contributed by atoms with van der Waals surface area (Å²) in [6.45, 7) is 60.9. The number of hydrogen-bond donors (Lipinski definition) is 4. The van der Waals surface area contributed by atoms with Gasteiger partial charge in [-0.05, 0) is 60.9 Å². The van der Waals surface area contributed by atoms with Gasteiger partial charge >= 0.3 is 64.6 Å². The van der Waals surface area contributed by atoms with E-state index in [9.17, 15) is 37.8 Å². The molecule has 35 heteroatoms. The number of hydrogen-bond acceptors (Lipinski definition) is 19. The molecule has 3 unspecified atom stereocenters. The first-order valence-electron chi connectivity index (χ1n) is 38.2. The van der Waals surface area contributed by atoms with Crippen LogP contribution in [0.2, 0.25) is 55.9 Å². The second kappa shape index (κ2) is 45.8. The number of para-hydroxylation sites is 4. The van der Waals surface area contributed by atoms with E-state index >= 15 is 0 Å². The summed E-state index contributed by atoms with van der Waals surface area (Å²) >= 11 is 10.5. The Morgan fingerprint density at radius 2 is 0.761 bits per heavy atom. The van der Waals surface area contributed by atoms with E-state index in [-0.39, 0.29) is 48.6 Å². The summed E-state index contributed by atoms with van der Waals surface area (Å²) < 4.78 is 122. The summed E-state index contributed by atoms with van der Waals surface area (Å²) in [5.41, 5.74) is 7.00. The molecule has 4 N–H and O–H groups in total. The first-order chi connectivity index (χ1) is 51.6. The van der Waals surface area contributed by atoms with E-state index in [0.717, 1.165) is 44.9 Å². The van der Waals surface area contributed by atoms with Gasteiger partial charge in [-0.1, -0.05) is 163 Å². The van der Waals surface area contributed by atoms with Crippen molar-refractivity contribution >= 4 is 131 Å². The number of rotatable bonds is 30. The van der Waals surface area contributed by atoms with Gasteiger partial charge in [-0.2, -0.15) is 6.92 Å². The van der Waals surface area contributed by atoms with Crippen LogP contribution >= 0.6 is 108 Å². The average Bonchev–Trinajstić information content (AvgIpc) is 0.799. The molecule has 0 saturated heterocycles. The zero-order valence-electron chi connectivity index (χ0n) is 72.5. The van der Waals surface area contributed by atoms with E-state index in [1.54, 1.807) is 51.1 Å². The van der Waals surface area contributed by atoms with Crippen LogP contribution in [0.4, 0.5) is 0 Å². The first kappa shape index (κ1) is 107. The molecular formula is C78H137BrI3N4O19P4Si3V-. The molecule has 113 heavy (non-hydrogen) atoms. The van der Waals surface area contributed by atoms with Crippen molar-refractivity contribution in [2.75, 3.05) is 82.5 Å². The molecule has 0 bridgehead atoms. The van der Waals surface area contributed by atoms with Crippen molar-refractivity contribution in [3.63, 3.8) is 0 Å². The standard InChI is InChI=1S/C38H64N2O8P2Si.C33H54N2O11P2Si.C3H9BrSi.C2H5I.C2H5.2HI.V/c1-14-45-50(11,42)28-40(22-30-18-16-20-32-25-44-38(7,8)48-35(30)32)33(26-46-51(12,13)36(2,3)4)23-39(27-49(9,10)41)21-29-17-15-19-31-24-43-37(5,6)47-34(29)31;1-31(2,3)49(8,9)44-21-28(35(23-48(39,40)41)17-25-13-11-15-27-20-43-33(6,7)46-30(25)27)18-34(22-47(36,37)38)16-24-12-10-14-26-19-42-32(4,5)45-29(24)26;1-5(2,3)4;1-2-3;1-2;;;/h15-20,33H,14,21-28H2,1-13H3;10-15,28H,16-23H2,1-9H3,(H2,36,37,38)(H2,39,40,41);1-3H3;2H2,1H3;1H2,2H3;2*1H;/q;;;;-1;;;+2/p-2. The molecule has 23 nitrogen and oxygen atoms in total. The van der Waals surface area contributed by atoms with Crippen molar-refractivity contribution in [3.8, 4) is 23.0 Å². The number of fused-ring (bicyclic) bond motifs is 4. The SMILES string of the molecule is CC1(C)OCc2cccc(CN(CC(CO[Si](C)(C)C(C)(C)C)N(Cc3cccc4c3OC(C)(C)OC4)CP(=O)(O)O)CP(=O)(O)O)c2O1.CCI.CCOP(C)(=O)CN(Cc1cccc2c1OC(C)(C)OC2)C(CO[Si](C)(C)C(C)(C)C)CN(Cc1cccc2c1OC(C)(C)OC2)CP(C)(C)=O.C[Si](C)(C)Br.[CH2-]C.[I][V][I]. The zero-order valence-corrected chi connectivity index (χ0v) is 88.5. The van der Waals surface area contributed by atoms with Crippen LogP contribution in [-0.2, 0) is 113 Å². The van der Waals surface area contributed by atoms with Crippen LogP contribution < -0.4 is 18.9 Å². The maximum atomic E-state index is 14.1. The van der Waals surface area contributed by atoms with Gasteiger partial charge in [0, 0.05) is 158 Å². The quantitative estimate of drug-likeness (QED) is 0.00944. The van der Waals surface area contributed by atoms with E-state index in [1.165, 1.54) is 4.43 Å². The van der Waals surface area contributed by atoms with Crippen molar-refractivity contribution in [2.45, 2.75) is 261 Å². The molecule has 4 heterocycles. The van der Waals surface area contributed by atoms with Crippen molar-refractivity contribution in [1.82, 2.24) is 19.6 Å². The summed E-state index contributed by atoms with van der Waals surface area (Å²) in [7, 11) is -18.8. The van der Waals surface area contributed by atoms with E-state index in [0.29, 0.717) is 97.7 Å². The Morgan fingerprint density at radius 3 is 1.01 bits per heavy atom. The van der Waals surface area contributed by atoms with E-state index < -0.39 is 94.8 Å². The molecule has 3 atom stereocenters. The van der Waals surface area contributed by atoms with Crippen LogP contribution in [0.25, 0.3) is 0 Å². The Labute approximate surface area is 733 Å². The normalized spacial score (nSPS) is 17.5. The summed E-state index contributed by atoms with van der Waals surface area (Å²) in [5.74, 6) is -0.539. The molecule has 4 aliphatic heterocycles. The Morgan fingerprint density at radius 1 is 0.504 bits per heavy atom. The predicted molar refractivity (Wildman–Crippen MR) is 494 cm³/mol. The fraction of sp³-hybridized carbons (Fsp3) is 0.679. The zero-order chi connectivity index (χ0) is 86.6. The third-order valence-electron chi connectivity index (χ3n) is 18.9. The minimum atomic E-state index is -4.63. The average molecular weight is 2150 g/mol. The third-order valence-corrected chi connectivity index (χ3v) is 32.2. The number of nitrogens with zero attached hydrogens (tertiary/aromatic N) is 4. The predicted octanol–water partition coefficient (Wildman–Crippen LogP) is 21.4. The Kier molecular flexibility index (Phi) is 43.6. The van der Waals surface area contributed by atoms with Gasteiger partial charge in [0.2, 0.25) is 30.5 Å². The molecule has 4 aliphatic rings.